The largest absolute Gasteiger partial charge is 0.394 e. The Bertz CT molecular complexity index is 1240. The van der Waals surface area contributed by atoms with Crippen LogP contribution in [0.1, 0.15) is 86.0 Å². The Morgan fingerprint density at radius 1 is 0.913 bits per heavy atom. The van der Waals surface area contributed by atoms with E-state index in [0.717, 1.165) is 19.3 Å². The number of Topliss-reactive ketones (excluding diaryl/α,β-unsaturated/α-hetero) is 1. The normalized spacial score (nSPS) is 61.8. The summed E-state index contributed by atoms with van der Waals surface area (Å²) in [6, 6.07) is 0. The first-order chi connectivity index (χ1) is 21.3. The van der Waals surface area contributed by atoms with Crippen LogP contribution >= 0.6 is 0 Å². The van der Waals surface area contributed by atoms with Crippen LogP contribution in [0.5, 0.6) is 0 Å². The summed E-state index contributed by atoms with van der Waals surface area (Å²) in [6.45, 7) is 8.23. The molecule has 19 atom stereocenters. The van der Waals surface area contributed by atoms with Gasteiger partial charge in [0.05, 0.1) is 30.0 Å². The van der Waals surface area contributed by atoms with Gasteiger partial charge in [-0.2, -0.15) is 0 Å². The van der Waals surface area contributed by atoms with Crippen LogP contribution in [0.15, 0.2) is 0 Å². The van der Waals surface area contributed by atoms with Crippen LogP contribution in [-0.2, 0) is 19.0 Å². The van der Waals surface area contributed by atoms with Crippen LogP contribution in [0, 0.1) is 45.8 Å². The summed E-state index contributed by atoms with van der Waals surface area (Å²) in [5.41, 5.74) is -6.38. The van der Waals surface area contributed by atoms with E-state index in [2.05, 4.69) is 13.8 Å². The van der Waals surface area contributed by atoms with Crippen molar-refractivity contribution in [1.82, 2.24) is 0 Å². The average molecular weight is 655 g/mol. The number of carbonyl (C=O) groups is 1. The number of aliphatic hydroxyl groups is 8. The maximum atomic E-state index is 13.5. The van der Waals surface area contributed by atoms with Crippen LogP contribution in [-0.4, -0.2) is 119 Å². The molecule has 5 saturated carbocycles. The molecule has 0 bridgehead atoms. The number of ketones is 1. The van der Waals surface area contributed by atoms with Crippen LogP contribution in [0.25, 0.3) is 0 Å². The Morgan fingerprint density at radius 3 is 2.26 bits per heavy atom. The van der Waals surface area contributed by atoms with Gasteiger partial charge in [0, 0.05) is 29.6 Å². The molecule has 8 N–H and O–H groups in total. The van der Waals surface area contributed by atoms with Gasteiger partial charge < -0.3 is 55.1 Å². The maximum Gasteiger partial charge on any atom is 0.192 e. The van der Waals surface area contributed by atoms with Crippen molar-refractivity contribution < 1.29 is 59.9 Å². The van der Waals surface area contributed by atoms with Gasteiger partial charge in [-0.3, -0.25) is 4.79 Å². The van der Waals surface area contributed by atoms with Crippen LogP contribution < -0.4 is 0 Å². The van der Waals surface area contributed by atoms with E-state index < -0.39 is 89.4 Å². The first-order valence-electron chi connectivity index (χ1n) is 17.3. The lowest BCUT2D eigenvalue weighted by molar-refractivity contribution is -0.400. The Balaban J connectivity index is 1.14. The molecule has 5 aliphatic carbocycles. The van der Waals surface area contributed by atoms with Gasteiger partial charge in [0.15, 0.2) is 12.6 Å². The number of ether oxygens (including phenoxy) is 3. The molecular weight excluding hydrogens is 600 g/mol. The Labute approximate surface area is 270 Å². The minimum absolute atomic E-state index is 0.0278. The molecule has 2 saturated heterocycles. The van der Waals surface area contributed by atoms with Gasteiger partial charge in [0.2, 0.25) is 0 Å². The van der Waals surface area contributed by atoms with Crippen LogP contribution in [0.4, 0.5) is 0 Å². The first kappa shape index (κ1) is 33.7. The van der Waals surface area contributed by atoms with E-state index in [9.17, 15) is 45.6 Å². The van der Waals surface area contributed by atoms with Crippen molar-refractivity contribution in [2.75, 3.05) is 6.61 Å². The highest BCUT2D eigenvalue weighted by Gasteiger charge is 2.81. The SMILES string of the molecule is C[C@@H]([C@@H]1C[C@@](C)(O)[C@](C)(O)[C@H](O[C@@H]2O[C@@H](CO)[C@H](O)[C@H](O)[C@@H]2O)O1)[C@@]1(O)CC[C@H]2[C@@H]3C[C@@H](O)[C@]45C[C@H]4CC(=O)[C@@]5(C)[C@H]3CC[C@@]21C. The molecule has 0 amide bonds. The van der Waals surface area contributed by atoms with E-state index in [0.29, 0.717) is 31.6 Å². The fraction of sp³-hybridized carbons (Fsp3) is 0.971. The van der Waals surface area contributed by atoms with E-state index in [1.165, 1.54) is 13.8 Å². The minimum atomic E-state index is -2.01. The number of rotatable bonds is 5. The van der Waals surface area contributed by atoms with Crippen molar-refractivity contribution in [2.24, 2.45) is 45.8 Å². The standard InChI is InChI=1S/C34H54O12/c1-15(20-13-30(3,41)32(5,42)28(45-20)46-27-26(40)25(39)24(38)21(14-35)44-27)34(43)9-7-18-17-11-23(37)33-12-16(33)10-22(36)31(33,4)19(17)6-8-29(18,34)2/h15-21,23-28,35,37-43H,6-14H2,1-5H3/t15-,16+,17-,18-,19-,20-,21-,23+,24-,25-,26-,27-,28-,29-,30+,31+,32+,33-,34-/m0/s1. The summed E-state index contributed by atoms with van der Waals surface area (Å²) in [6.07, 6.45) is -5.96. The second-order valence-corrected chi connectivity index (χ2v) is 17.1. The fourth-order valence-electron chi connectivity index (χ4n) is 12.1. The van der Waals surface area contributed by atoms with Gasteiger partial charge in [-0.05, 0) is 81.5 Å². The maximum absolute atomic E-state index is 13.5. The van der Waals surface area contributed by atoms with Crippen molar-refractivity contribution >= 4 is 5.78 Å². The van der Waals surface area contributed by atoms with Crippen molar-refractivity contribution in [1.29, 1.82) is 0 Å². The highest BCUT2D eigenvalue weighted by atomic mass is 16.8. The Morgan fingerprint density at radius 2 is 1.59 bits per heavy atom. The molecule has 2 heterocycles. The summed E-state index contributed by atoms with van der Waals surface area (Å²) in [5.74, 6) is 0.400. The van der Waals surface area contributed by atoms with E-state index in [-0.39, 0.29) is 35.4 Å². The monoisotopic (exact) mass is 654 g/mol. The predicted octanol–water partition coefficient (Wildman–Crippen LogP) is -0.0204. The summed E-state index contributed by atoms with van der Waals surface area (Å²) in [5, 5.41) is 88.0. The topological polar surface area (TPSA) is 207 Å². The summed E-state index contributed by atoms with van der Waals surface area (Å²) >= 11 is 0. The molecule has 0 unspecified atom stereocenters. The molecule has 12 heteroatoms. The van der Waals surface area contributed by atoms with Crippen molar-refractivity contribution in [2.45, 2.75) is 152 Å². The predicted molar refractivity (Wildman–Crippen MR) is 159 cm³/mol. The molecule has 7 fully saturated rings. The smallest absolute Gasteiger partial charge is 0.192 e. The van der Waals surface area contributed by atoms with Gasteiger partial charge in [-0.1, -0.05) is 20.8 Å². The van der Waals surface area contributed by atoms with Crippen LogP contribution in [0.3, 0.4) is 0 Å². The molecule has 7 rings (SSSR count). The molecule has 1 spiro atoms. The van der Waals surface area contributed by atoms with E-state index in [1.54, 1.807) is 0 Å². The van der Waals surface area contributed by atoms with E-state index >= 15 is 0 Å². The third-order valence-corrected chi connectivity index (χ3v) is 15.5. The van der Waals surface area contributed by atoms with Crippen molar-refractivity contribution in [3.8, 4) is 0 Å². The second kappa shape index (κ2) is 10.4. The Hall–Kier alpha value is -0.770. The number of hydrogen-bond acceptors (Lipinski definition) is 12. The lowest BCUT2D eigenvalue weighted by Gasteiger charge is -2.61. The Kier molecular flexibility index (Phi) is 7.61. The molecule has 0 aromatic rings. The average Bonchev–Trinajstić information content (AvgIpc) is 3.57. The number of fused-ring (bicyclic) bond motifs is 4. The van der Waals surface area contributed by atoms with Crippen molar-refractivity contribution in [3.63, 3.8) is 0 Å². The molecular formula is C34H54O12. The molecule has 0 aromatic heterocycles. The van der Waals surface area contributed by atoms with Gasteiger partial charge in [0.25, 0.3) is 0 Å². The van der Waals surface area contributed by atoms with Gasteiger partial charge in [-0.25, -0.2) is 0 Å². The zero-order valence-corrected chi connectivity index (χ0v) is 27.6. The molecule has 2 aliphatic heterocycles. The summed E-state index contributed by atoms with van der Waals surface area (Å²) in [7, 11) is 0. The lowest BCUT2D eigenvalue weighted by atomic mass is 9.44. The lowest BCUT2D eigenvalue weighted by Crippen LogP contribution is -2.69. The zero-order valence-electron chi connectivity index (χ0n) is 27.6. The van der Waals surface area contributed by atoms with Gasteiger partial charge in [0.1, 0.15) is 35.8 Å². The number of aliphatic hydroxyl groups excluding tert-OH is 5. The molecule has 12 nitrogen and oxygen atoms in total. The summed E-state index contributed by atoms with van der Waals surface area (Å²) < 4.78 is 17.7. The number of hydrogen-bond donors (Lipinski definition) is 8. The van der Waals surface area contributed by atoms with Gasteiger partial charge in [-0.15, -0.1) is 0 Å². The van der Waals surface area contributed by atoms with Gasteiger partial charge >= 0.3 is 0 Å². The van der Waals surface area contributed by atoms with E-state index in [1.807, 2.05) is 6.92 Å². The molecule has 46 heavy (non-hydrogen) atoms. The molecule has 7 aliphatic rings. The fourth-order valence-corrected chi connectivity index (χ4v) is 12.1. The van der Waals surface area contributed by atoms with Crippen molar-refractivity contribution in [3.05, 3.63) is 0 Å². The molecule has 262 valence electrons. The van der Waals surface area contributed by atoms with E-state index in [4.69, 9.17) is 14.2 Å². The highest BCUT2D eigenvalue weighted by molar-refractivity contribution is 5.91. The first-order valence-corrected chi connectivity index (χ1v) is 17.3. The molecule has 0 radical (unpaired) electrons. The zero-order chi connectivity index (χ0) is 33.6. The molecule has 0 aromatic carbocycles. The number of carbonyl (C=O) groups excluding carboxylic acids is 1. The third-order valence-electron chi connectivity index (χ3n) is 15.5. The minimum Gasteiger partial charge on any atom is -0.394 e. The summed E-state index contributed by atoms with van der Waals surface area (Å²) in [4.78, 5) is 13.5. The second-order valence-electron chi connectivity index (χ2n) is 17.1. The third kappa shape index (κ3) is 4.03. The highest BCUT2D eigenvalue weighted by Crippen LogP contribution is 2.81. The van der Waals surface area contributed by atoms with Crippen LogP contribution in [0.2, 0.25) is 0 Å². The quantitative estimate of drug-likeness (QED) is 0.197.